The van der Waals surface area contributed by atoms with E-state index in [0.29, 0.717) is 33.9 Å². The van der Waals surface area contributed by atoms with Gasteiger partial charge < -0.3 is 20.3 Å². The van der Waals surface area contributed by atoms with Gasteiger partial charge in [-0.25, -0.2) is 0 Å². The van der Waals surface area contributed by atoms with Crippen LogP contribution in [0, 0.1) is 6.92 Å². The van der Waals surface area contributed by atoms with Crippen LogP contribution in [0.3, 0.4) is 0 Å². The molecule has 8 nitrogen and oxygen atoms in total. The molecule has 3 rings (SSSR count). The van der Waals surface area contributed by atoms with Crippen molar-refractivity contribution in [1.29, 1.82) is 0 Å². The molecule has 31 heavy (non-hydrogen) atoms. The third kappa shape index (κ3) is 5.99. The number of phenols is 1. The lowest BCUT2D eigenvalue weighted by atomic mass is 10.2. The summed E-state index contributed by atoms with van der Waals surface area (Å²) < 4.78 is 1.79. The Morgan fingerprint density at radius 2 is 1.84 bits per heavy atom. The zero-order chi connectivity index (χ0) is 22.4. The lowest BCUT2D eigenvalue weighted by molar-refractivity contribution is -0.116. The standard InChI is InChI=1S/C21H22ClN5O3S/c1-3-27-18(11-19(29)23-15-7-5-4-6-14(15)22)25-26-21(27)31-12-20(30)24-16-10-13(2)8-9-17(16)28/h4-10,28H,3,11-12H2,1-2H3,(H,23,29)(H,24,30). The normalized spacial score (nSPS) is 10.7. The zero-order valence-corrected chi connectivity index (χ0v) is 18.6. The lowest BCUT2D eigenvalue weighted by Gasteiger charge is -2.10. The number of hydrogen-bond donors (Lipinski definition) is 3. The number of aromatic nitrogens is 3. The lowest BCUT2D eigenvalue weighted by Crippen LogP contribution is -2.18. The van der Waals surface area contributed by atoms with Crippen molar-refractivity contribution in [1.82, 2.24) is 14.8 Å². The molecular weight excluding hydrogens is 438 g/mol. The van der Waals surface area contributed by atoms with Crippen molar-refractivity contribution >= 4 is 46.6 Å². The van der Waals surface area contributed by atoms with Gasteiger partial charge >= 0.3 is 0 Å². The summed E-state index contributed by atoms with van der Waals surface area (Å²) >= 11 is 7.28. The molecule has 162 valence electrons. The maximum Gasteiger partial charge on any atom is 0.234 e. The summed E-state index contributed by atoms with van der Waals surface area (Å²) in [5.74, 6) is 0.0323. The molecule has 0 spiro atoms. The number of thioether (sulfide) groups is 1. The van der Waals surface area contributed by atoms with E-state index in [4.69, 9.17) is 11.6 Å². The van der Waals surface area contributed by atoms with Crippen LogP contribution in [0.1, 0.15) is 18.3 Å². The molecule has 3 N–H and O–H groups in total. The minimum Gasteiger partial charge on any atom is -0.506 e. The van der Waals surface area contributed by atoms with Crippen molar-refractivity contribution in [3.05, 3.63) is 58.9 Å². The fourth-order valence-electron chi connectivity index (χ4n) is 2.84. The number of nitrogens with zero attached hydrogens (tertiary/aromatic N) is 3. The second-order valence-electron chi connectivity index (χ2n) is 6.71. The Labute approximate surface area is 189 Å². The highest BCUT2D eigenvalue weighted by Crippen LogP contribution is 2.25. The second kappa shape index (κ2) is 10.3. The number of rotatable bonds is 8. The molecule has 0 aliphatic carbocycles. The fourth-order valence-corrected chi connectivity index (χ4v) is 3.85. The third-order valence-corrected chi connectivity index (χ3v) is 5.63. The average molecular weight is 460 g/mol. The Hall–Kier alpha value is -3.04. The third-order valence-electron chi connectivity index (χ3n) is 4.33. The Morgan fingerprint density at radius 3 is 2.58 bits per heavy atom. The number of nitrogens with one attached hydrogen (secondary N) is 2. The first kappa shape index (κ1) is 22.6. The number of para-hydroxylation sites is 1. The Kier molecular flexibility index (Phi) is 7.54. The first-order valence-electron chi connectivity index (χ1n) is 9.56. The van der Waals surface area contributed by atoms with Crippen LogP contribution in [0.5, 0.6) is 5.75 Å². The number of hydrogen-bond acceptors (Lipinski definition) is 6. The molecular formula is C21H22ClN5O3S. The molecule has 10 heteroatoms. The minimum absolute atomic E-state index is 0.00694. The number of amides is 2. The second-order valence-corrected chi connectivity index (χ2v) is 8.06. The van der Waals surface area contributed by atoms with Gasteiger partial charge in [0.15, 0.2) is 5.16 Å². The predicted octanol–water partition coefficient (Wildman–Crippen LogP) is 3.88. The van der Waals surface area contributed by atoms with Gasteiger partial charge in [0, 0.05) is 6.54 Å². The topological polar surface area (TPSA) is 109 Å². The predicted molar refractivity (Wildman–Crippen MR) is 122 cm³/mol. The summed E-state index contributed by atoms with van der Waals surface area (Å²) in [6, 6.07) is 12.0. The van der Waals surface area contributed by atoms with Gasteiger partial charge in [0.05, 0.1) is 28.6 Å². The molecule has 0 unspecified atom stereocenters. The molecule has 0 radical (unpaired) electrons. The van der Waals surface area contributed by atoms with Crippen LogP contribution in [0.4, 0.5) is 11.4 Å². The molecule has 0 saturated carbocycles. The van der Waals surface area contributed by atoms with Gasteiger partial charge in [0.25, 0.3) is 0 Å². The van der Waals surface area contributed by atoms with Gasteiger partial charge in [-0.15, -0.1) is 10.2 Å². The number of carbonyl (C=O) groups is 2. The molecule has 1 aromatic heterocycles. The smallest absolute Gasteiger partial charge is 0.234 e. The minimum atomic E-state index is -0.283. The number of anilines is 2. The van der Waals surface area contributed by atoms with E-state index in [9.17, 15) is 14.7 Å². The van der Waals surface area contributed by atoms with E-state index in [0.717, 1.165) is 5.56 Å². The SMILES string of the molecule is CCn1c(CC(=O)Nc2ccccc2Cl)nnc1SCC(=O)Nc1cc(C)ccc1O. The number of halogens is 1. The van der Waals surface area contributed by atoms with Gasteiger partial charge in [-0.05, 0) is 43.7 Å². The molecule has 0 aliphatic rings. The van der Waals surface area contributed by atoms with Crippen LogP contribution in [0.25, 0.3) is 0 Å². The van der Waals surface area contributed by atoms with Crippen LogP contribution in [-0.4, -0.2) is 37.4 Å². The fraction of sp³-hybridized carbons (Fsp3) is 0.238. The highest BCUT2D eigenvalue weighted by atomic mass is 35.5. The van der Waals surface area contributed by atoms with Crippen LogP contribution < -0.4 is 10.6 Å². The largest absolute Gasteiger partial charge is 0.506 e. The van der Waals surface area contributed by atoms with E-state index in [1.165, 1.54) is 17.8 Å². The van der Waals surface area contributed by atoms with Crippen molar-refractivity contribution in [3.63, 3.8) is 0 Å². The molecule has 0 fully saturated rings. The number of phenolic OH excluding ortho intramolecular Hbond substituents is 1. The molecule has 2 aromatic carbocycles. The van der Waals surface area contributed by atoms with Crippen molar-refractivity contribution < 1.29 is 14.7 Å². The average Bonchev–Trinajstić information content (AvgIpc) is 3.12. The van der Waals surface area contributed by atoms with Gasteiger partial charge in [0.2, 0.25) is 11.8 Å². The highest BCUT2D eigenvalue weighted by Gasteiger charge is 2.17. The molecule has 0 saturated heterocycles. The van der Waals surface area contributed by atoms with Crippen molar-refractivity contribution in [2.24, 2.45) is 0 Å². The van der Waals surface area contributed by atoms with E-state index < -0.39 is 0 Å². The number of carbonyl (C=O) groups excluding carboxylic acids is 2. The van der Waals surface area contributed by atoms with Gasteiger partial charge in [-0.2, -0.15) is 0 Å². The Morgan fingerprint density at radius 1 is 1.10 bits per heavy atom. The van der Waals surface area contributed by atoms with Gasteiger partial charge in [-0.3, -0.25) is 9.59 Å². The molecule has 0 bridgehead atoms. The van der Waals surface area contributed by atoms with Crippen LogP contribution in [0.15, 0.2) is 47.6 Å². The van der Waals surface area contributed by atoms with Crippen LogP contribution in [0.2, 0.25) is 5.02 Å². The van der Waals surface area contributed by atoms with Crippen molar-refractivity contribution in [3.8, 4) is 5.75 Å². The Balaban J connectivity index is 1.60. The highest BCUT2D eigenvalue weighted by molar-refractivity contribution is 7.99. The van der Waals surface area contributed by atoms with E-state index in [-0.39, 0.29) is 29.7 Å². The summed E-state index contributed by atoms with van der Waals surface area (Å²) in [6.45, 7) is 4.33. The molecule has 2 amide bonds. The molecule has 0 atom stereocenters. The van der Waals surface area contributed by atoms with E-state index in [1.807, 2.05) is 13.8 Å². The van der Waals surface area contributed by atoms with Crippen molar-refractivity contribution in [2.45, 2.75) is 32.0 Å². The quantitative estimate of drug-likeness (QED) is 0.348. The summed E-state index contributed by atoms with van der Waals surface area (Å²) in [4.78, 5) is 24.7. The van der Waals surface area contributed by atoms with Crippen molar-refractivity contribution in [2.75, 3.05) is 16.4 Å². The number of aromatic hydroxyl groups is 1. The summed E-state index contributed by atoms with van der Waals surface area (Å²) in [7, 11) is 0. The summed E-state index contributed by atoms with van der Waals surface area (Å²) in [5.41, 5.74) is 1.81. The van der Waals surface area contributed by atoms with Gasteiger partial charge in [-0.1, -0.05) is 41.6 Å². The first-order valence-corrected chi connectivity index (χ1v) is 10.9. The van der Waals surface area contributed by atoms with E-state index in [1.54, 1.807) is 41.0 Å². The monoisotopic (exact) mass is 459 g/mol. The molecule has 0 aliphatic heterocycles. The van der Waals surface area contributed by atoms with E-state index in [2.05, 4.69) is 20.8 Å². The van der Waals surface area contributed by atoms with Crippen LogP contribution in [-0.2, 0) is 22.6 Å². The molecule has 1 heterocycles. The van der Waals surface area contributed by atoms with Crippen LogP contribution >= 0.6 is 23.4 Å². The van der Waals surface area contributed by atoms with E-state index >= 15 is 0 Å². The molecule has 3 aromatic rings. The Bertz CT molecular complexity index is 1100. The summed E-state index contributed by atoms with van der Waals surface area (Å²) in [5, 5.41) is 24.5. The first-order chi connectivity index (χ1) is 14.9. The van der Waals surface area contributed by atoms with Gasteiger partial charge in [0.1, 0.15) is 11.6 Å². The zero-order valence-electron chi connectivity index (χ0n) is 17.1. The maximum absolute atomic E-state index is 12.4. The maximum atomic E-state index is 12.4. The number of benzene rings is 2. The number of aryl methyl sites for hydroxylation is 1. The summed E-state index contributed by atoms with van der Waals surface area (Å²) in [6.07, 6.45) is 0.0238.